The van der Waals surface area contributed by atoms with Crippen LogP contribution in [0.3, 0.4) is 0 Å². The van der Waals surface area contributed by atoms with Crippen LogP contribution in [0.4, 0.5) is 11.5 Å². The van der Waals surface area contributed by atoms with Crippen LogP contribution in [0.1, 0.15) is 48.8 Å². The van der Waals surface area contributed by atoms with Crippen molar-refractivity contribution in [3.63, 3.8) is 0 Å². The highest BCUT2D eigenvalue weighted by Gasteiger charge is 2.27. The molecule has 0 saturated carbocycles. The number of hydrogen-bond donors (Lipinski definition) is 2. The average molecular weight is 378 g/mol. The Balaban J connectivity index is 2.61. The molecule has 0 bridgehead atoms. The first-order valence-electron chi connectivity index (χ1n) is 8.76. The summed E-state index contributed by atoms with van der Waals surface area (Å²) in [5.41, 5.74) is 5.90. The number of carbonyl (C=O) groups excluding carboxylic acids is 1. The van der Waals surface area contributed by atoms with Gasteiger partial charge in [0.1, 0.15) is 5.82 Å². The molecule has 2 aromatic heterocycles. The fourth-order valence-electron chi connectivity index (χ4n) is 2.73. The van der Waals surface area contributed by atoms with Crippen LogP contribution in [0.25, 0.3) is 0 Å². The molecule has 7 nitrogen and oxygen atoms in total. The molecule has 2 aromatic rings. The van der Waals surface area contributed by atoms with Crippen LogP contribution in [0.15, 0.2) is 21.0 Å². The summed E-state index contributed by atoms with van der Waals surface area (Å²) in [5.74, 6) is -0.117. The standard InChI is InChI=1S/C18H26N4O3S/c1-5-6-8-21-15(19)13(16(23)20-18(21)25)22(10-11(2)3)17(24)14-12(4)7-9-26-14/h7,9,11H,5-6,8,10,19H2,1-4H3,(H,20,23,25). The maximum atomic E-state index is 13.1. The van der Waals surface area contributed by atoms with Crippen LogP contribution in [-0.2, 0) is 6.54 Å². The van der Waals surface area contributed by atoms with Gasteiger partial charge in [-0.05, 0) is 36.3 Å². The lowest BCUT2D eigenvalue weighted by Crippen LogP contribution is -2.42. The number of nitrogens with zero attached hydrogens (tertiary/aromatic N) is 2. The molecule has 0 atom stereocenters. The number of anilines is 2. The highest BCUT2D eigenvalue weighted by Crippen LogP contribution is 2.24. The molecule has 2 rings (SSSR count). The first kappa shape index (κ1) is 20.0. The van der Waals surface area contributed by atoms with Crippen LogP contribution in [-0.4, -0.2) is 22.0 Å². The van der Waals surface area contributed by atoms with Crippen molar-refractivity contribution in [2.24, 2.45) is 5.92 Å². The fourth-order valence-corrected chi connectivity index (χ4v) is 3.60. The van der Waals surface area contributed by atoms with Crippen LogP contribution >= 0.6 is 11.3 Å². The van der Waals surface area contributed by atoms with E-state index in [0.29, 0.717) is 18.0 Å². The molecule has 3 N–H and O–H groups in total. The number of thiophene rings is 1. The zero-order chi connectivity index (χ0) is 19.4. The predicted molar refractivity (Wildman–Crippen MR) is 106 cm³/mol. The molecule has 0 aromatic carbocycles. The third-order valence-corrected chi connectivity index (χ3v) is 5.07. The van der Waals surface area contributed by atoms with Crippen molar-refractivity contribution in [2.75, 3.05) is 17.2 Å². The topological polar surface area (TPSA) is 101 Å². The third-order valence-electron chi connectivity index (χ3n) is 4.07. The van der Waals surface area contributed by atoms with Gasteiger partial charge in [0, 0.05) is 13.1 Å². The number of aromatic amines is 1. The number of hydrogen-bond acceptors (Lipinski definition) is 5. The normalized spacial score (nSPS) is 11.1. The molecule has 0 aliphatic carbocycles. The molecular weight excluding hydrogens is 352 g/mol. The van der Waals surface area contributed by atoms with Gasteiger partial charge in [-0.25, -0.2) is 4.79 Å². The van der Waals surface area contributed by atoms with Crippen LogP contribution in [0.2, 0.25) is 0 Å². The Kier molecular flexibility index (Phi) is 6.42. The summed E-state index contributed by atoms with van der Waals surface area (Å²) in [4.78, 5) is 42.1. The molecule has 0 fully saturated rings. The van der Waals surface area contributed by atoms with Crippen molar-refractivity contribution in [2.45, 2.75) is 47.1 Å². The van der Waals surface area contributed by atoms with Crippen molar-refractivity contribution in [1.82, 2.24) is 9.55 Å². The molecule has 2 heterocycles. The lowest BCUT2D eigenvalue weighted by molar-refractivity contribution is 0.0987. The molecule has 0 aliphatic rings. The average Bonchev–Trinajstić information content (AvgIpc) is 2.98. The van der Waals surface area contributed by atoms with Gasteiger partial charge in [-0.15, -0.1) is 11.3 Å². The largest absolute Gasteiger partial charge is 0.383 e. The molecular formula is C18H26N4O3S. The van der Waals surface area contributed by atoms with Crippen molar-refractivity contribution >= 4 is 28.7 Å². The smallest absolute Gasteiger partial charge is 0.330 e. The van der Waals surface area contributed by atoms with E-state index in [1.54, 1.807) is 0 Å². The minimum Gasteiger partial charge on any atom is -0.383 e. The van der Waals surface area contributed by atoms with Crippen LogP contribution in [0.5, 0.6) is 0 Å². The molecule has 142 valence electrons. The van der Waals surface area contributed by atoms with Crippen molar-refractivity contribution in [1.29, 1.82) is 0 Å². The van der Waals surface area contributed by atoms with E-state index in [2.05, 4.69) is 4.98 Å². The lowest BCUT2D eigenvalue weighted by Gasteiger charge is -2.26. The zero-order valence-electron chi connectivity index (χ0n) is 15.7. The van der Waals surface area contributed by atoms with Crippen molar-refractivity contribution in [3.05, 3.63) is 42.7 Å². The highest BCUT2D eigenvalue weighted by molar-refractivity contribution is 7.12. The first-order chi connectivity index (χ1) is 12.3. The summed E-state index contributed by atoms with van der Waals surface area (Å²) in [6.45, 7) is 8.50. The van der Waals surface area contributed by atoms with E-state index in [1.165, 1.54) is 20.8 Å². The number of nitrogens with two attached hydrogens (primary N) is 1. The molecule has 0 spiro atoms. The number of carbonyl (C=O) groups is 1. The minimum absolute atomic E-state index is 0.0374. The predicted octanol–water partition coefficient (Wildman–Crippen LogP) is 2.59. The maximum absolute atomic E-state index is 13.1. The van der Waals surface area contributed by atoms with Gasteiger partial charge in [0.25, 0.3) is 11.5 Å². The minimum atomic E-state index is -0.636. The number of amides is 1. The number of aryl methyl sites for hydroxylation is 1. The van der Waals surface area contributed by atoms with Gasteiger partial charge in [0.15, 0.2) is 5.69 Å². The van der Waals surface area contributed by atoms with E-state index >= 15 is 0 Å². The summed E-state index contributed by atoms with van der Waals surface area (Å²) in [6, 6.07) is 1.86. The molecule has 0 radical (unpaired) electrons. The van der Waals surface area contributed by atoms with Gasteiger partial charge >= 0.3 is 5.69 Å². The summed E-state index contributed by atoms with van der Waals surface area (Å²) in [7, 11) is 0. The van der Waals surface area contributed by atoms with Gasteiger partial charge in [-0.1, -0.05) is 27.2 Å². The Bertz CT molecular complexity index is 895. The summed E-state index contributed by atoms with van der Waals surface area (Å²) in [6.07, 6.45) is 1.63. The Morgan fingerprint density at radius 1 is 1.38 bits per heavy atom. The zero-order valence-corrected chi connectivity index (χ0v) is 16.5. The molecule has 0 aliphatic heterocycles. The van der Waals surface area contributed by atoms with Crippen molar-refractivity contribution < 1.29 is 4.79 Å². The lowest BCUT2D eigenvalue weighted by atomic mass is 10.1. The highest BCUT2D eigenvalue weighted by atomic mass is 32.1. The summed E-state index contributed by atoms with van der Waals surface area (Å²) in [5, 5.41) is 1.84. The van der Waals surface area contributed by atoms with Gasteiger partial charge in [0.05, 0.1) is 4.88 Å². The second-order valence-electron chi connectivity index (χ2n) is 6.74. The van der Waals surface area contributed by atoms with Gasteiger partial charge in [-0.2, -0.15) is 0 Å². The fraction of sp³-hybridized carbons (Fsp3) is 0.500. The summed E-state index contributed by atoms with van der Waals surface area (Å²) < 4.78 is 1.34. The van der Waals surface area contributed by atoms with E-state index in [4.69, 9.17) is 5.73 Å². The SMILES string of the molecule is CCCCn1c(N)c(N(CC(C)C)C(=O)c2sccc2C)c(=O)[nH]c1=O. The Hall–Kier alpha value is -2.35. The third kappa shape index (κ3) is 4.07. The van der Waals surface area contributed by atoms with Gasteiger partial charge < -0.3 is 5.73 Å². The number of rotatable bonds is 7. The Labute approximate surface area is 156 Å². The van der Waals surface area contributed by atoms with E-state index < -0.39 is 11.2 Å². The number of nitrogen functional groups attached to an aromatic ring is 1. The number of H-pyrrole nitrogens is 1. The van der Waals surface area contributed by atoms with E-state index in [9.17, 15) is 14.4 Å². The first-order valence-corrected chi connectivity index (χ1v) is 9.64. The molecule has 26 heavy (non-hydrogen) atoms. The van der Waals surface area contributed by atoms with Gasteiger partial charge in [0.2, 0.25) is 0 Å². The molecule has 1 amide bonds. The number of nitrogens with one attached hydrogen (secondary N) is 1. The van der Waals surface area contributed by atoms with Gasteiger partial charge in [-0.3, -0.25) is 24.0 Å². The van der Waals surface area contributed by atoms with Crippen LogP contribution in [0, 0.1) is 12.8 Å². The van der Waals surface area contributed by atoms with E-state index in [-0.39, 0.29) is 23.3 Å². The van der Waals surface area contributed by atoms with Crippen molar-refractivity contribution in [3.8, 4) is 0 Å². The van der Waals surface area contributed by atoms with E-state index in [0.717, 1.165) is 18.4 Å². The Morgan fingerprint density at radius 3 is 2.62 bits per heavy atom. The second-order valence-corrected chi connectivity index (χ2v) is 7.66. The molecule has 0 unspecified atom stereocenters. The second kappa shape index (κ2) is 8.35. The molecule has 8 heteroatoms. The quantitative estimate of drug-likeness (QED) is 0.773. The monoisotopic (exact) mass is 378 g/mol. The van der Waals surface area contributed by atoms with E-state index in [1.807, 2.05) is 39.1 Å². The summed E-state index contributed by atoms with van der Waals surface area (Å²) >= 11 is 1.33. The van der Waals surface area contributed by atoms with Crippen LogP contribution < -0.4 is 21.9 Å². The number of unbranched alkanes of at least 4 members (excludes halogenated alkanes) is 1. The molecule has 0 saturated heterocycles. The Morgan fingerprint density at radius 2 is 2.08 bits per heavy atom. The maximum Gasteiger partial charge on any atom is 0.330 e. The number of aromatic nitrogens is 2.